The number of allylic oxidation sites excluding steroid dienone is 1. The molecule has 5 heteroatoms. The molecular weight excluding hydrogens is 344 g/mol. The van der Waals surface area contributed by atoms with Crippen molar-refractivity contribution in [3.05, 3.63) is 35.2 Å². The van der Waals surface area contributed by atoms with Gasteiger partial charge in [0.15, 0.2) is 17.4 Å². The van der Waals surface area contributed by atoms with Gasteiger partial charge in [-0.2, -0.15) is 4.39 Å². The molecule has 2 saturated carbocycles. The van der Waals surface area contributed by atoms with Crippen LogP contribution in [0.3, 0.4) is 0 Å². The van der Waals surface area contributed by atoms with Gasteiger partial charge in [-0.05, 0) is 68.4 Å². The number of halogens is 4. The van der Waals surface area contributed by atoms with Crippen molar-refractivity contribution in [2.45, 2.75) is 58.3 Å². The number of rotatable bonds is 3. The van der Waals surface area contributed by atoms with E-state index in [0.29, 0.717) is 24.7 Å². The fourth-order valence-corrected chi connectivity index (χ4v) is 4.62. The molecule has 0 aliphatic heterocycles. The summed E-state index contributed by atoms with van der Waals surface area (Å²) in [6, 6.07) is 1.71. The fourth-order valence-electron chi connectivity index (χ4n) is 4.62. The quantitative estimate of drug-likeness (QED) is 0.573. The molecular formula is C21H26F4O. The molecule has 26 heavy (non-hydrogen) atoms. The zero-order valence-electron chi connectivity index (χ0n) is 15.1. The molecule has 0 aromatic heterocycles. The lowest BCUT2D eigenvalue weighted by Crippen LogP contribution is -2.25. The van der Waals surface area contributed by atoms with E-state index in [2.05, 4.69) is 6.92 Å². The van der Waals surface area contributed by atoms with Crippen LogP contribution in [0.25, 0.3) is 5.83 Å². The molecule has 0 unspecified atom stereocenters. The van der Waals surface area contributed by atoms with Crippen LogP contribution in [0.2, 0.25) is 0 Å². The standard InChI is InChI=1S/C21H26F4O/c1-12-2-4-13(5-3-12)14-6-8-15(9-7-14)18(22)19(23)16-10-11-17(26)21(25)20(16)24/h10-15,26H,2-9H2,1H3/b19-18+. The van der Waals surface area contributed by atoms with Crippen molar-refractivity contribution in [2.75, 3.05) is 0 Å². The third-order valence-electron chi connectivity index (χ3n) is 6.37. The average molecular weight is 370 g/mol. The van der Waals surface area contributed by atoms with Gasteiger partial charge in [0.1, 0.15) is 5.83 Å². The summed E-state index contributed by atoms with van der Waals surface area (Å²) in [7, 11) is 0. The van der Waals surface area contributed by atoms with Crippen LogP contribution in [-0.2, 0) is 0 Å². The summed E-state index contributed by atoms with van der Waals surface area (Å²) in [5.74, 6) is -4.90. The molecule has 1 aromatic carbocycles. The Labute approximate surface area is 152 Å². The van der Waals surface area contributed by atoms with E-state index in [1.165, 1.54) is 25.7 Å². The normalized spacial score (nSPS) is 30.8. The van der Waals surface area contributed by atoms with Gasteiger partial charge in [0.25, 0.3) is 0 Å². The summed E-state index contributed by atoms with van der Waals surface area (Å²) in [4.78, 5) is 0. The second kappa shape index (κ2) is 8.01. The van der Waals surface area contributed by atoms with Crippen LogP contribution in [0.1, 0.15) is 63.9 Å². The largest absolute Gasteiger partial charge is 0.505 e. The van der Waals surface area contributed by atoms with Crippen LogP contribution < -0.4 is 0 Å². The van der Waals surface area contributed by atoms with Crippen LogP contribution in [0.4, 0.5) is 17.6 Å². The molecule has 1 N–H and O–H groups in total. The number of hydrogen-bond donors (Lipinski definition) is 1. The Hall–Kier alpha value is -1.52. The number of benzene rings is 1. The van der Waals surface area contributed by atoms with Gasteiger partial charge in [-0.15, -0.1) is 0 Å². The van der Waals surface area contributed by atoms with E-state index in [4.69, 9.17) is 5.11 Å². The van der Waals surface area contributed by atoms with Gasteiger partial charge >= 0.3 is 0 Å². The highest BCUT2D eigenvalue weighted by molar-refractivity contribution is 5.62. The highest BCUT2D eigenvalue weighted by atomic mass is 19.2. The lowest BCUT2D eigenvalue weighted by atomic mass is 9.69. The van der Waals surface area contributed by atoms with Gasteiger partial charge in [0, 0.05) is 5.92 Å². The average Bonchev–Trinajstić information content (AvgIpc) is 2.66. The maximum Gasteiger partial charge on any atom is 0.201 e. The summed E-state index contributed by atoms with van der Waals surface area (Å²) < 4.78 is 56.2. The Morgan fingerprint density at radius 2 is 1.38 bits per heavy atom. The molecule has 1 nitrogen and oxygen atoms in total. The Morgan fingerprint density at radius 1 is 0.846 bits per heavy atom. The molecule has 3 rings (SSSR count). The molecule has 2 aliphatic carbocycles. The van der Waals surface area contributed by atoms with Crippen molar-refractivity contribution in [3.8, 4) is 5.75 Å². The van der Waals surface area contributed by atoms with E-state index < -0.39 is 40.5 Å². The van der Waals surface area contributed by atoms with Gasteiger partial charge in [-0.3, -0.25) is 0 Å². The molecule has 0 atom stereocenters. The van der Waals surface area contributed by atoms with Crippen LogP contribution in [-0.4, -0.2) is 5.11 Å². The number of aromatic hydroxyl groups is 1. The van der Waals surface area contributed by atoms with Crippen molar-refractivity contribution < 1.29 is 22.7 Å². The topological polar surface area (TPSA) is 20.2 Å². The fraction of sp³-hybridized carbons (Fsp3) is 0.619. The third kappa shape index (κ3) is 3.91. The first kappa shape index (κ1) is 19.2. The first-order valence-electron chi connectivity index (χ1n) is 9.61. The Kier molecular flexibility index (Phi) is 5.93. The van der Waals surface area contributed by atoms with Gasteiger partial charge in [0.05, 0.1) is 5.56 Å². The summed E-state index contributed by atoms with van der Waals surface area (Å²) in [5.41, 5.74) is -0.763. The molecule has 1 aromatic rings. The van der Waals surface area contributed by atoms with Gasteiger partial charge in [-0.1, -0.05) is 19.8 Å². The molecule has 2 fully saturated rings. The second-order valence-corrected chi connectivity index (χ2v) is 8.05. The lowest BCUT2D eigenvalue weighted by molar-refractivity contribution is 0.152. The van der Waals surface area contributed by atoms with Gasteiger partial charge in [-0.25, -0.2) is 13.2 Å². The SMILES string of the molecule is CC1CCC(C2CCC(/C(F)=C(\F)c3ccc(O)c(F)c3F)CC2)CC1. The molecule has 0 heterocycles. The van der Waals surface area contributed by atoms with Gasteiger partial charge < -0.3 is 5.11 Å². The minimum atomic E-state index is -1.55. The van der Waals surface area contributed by atoms with Crippen molar-refractivity contribution in [1.82, 2.24) is 0 Å². The molecule has 0 radical (unpaired) electrons. The number of phenolic OH excluding ortho intramolecular Hbond substituents is 1. The Balaban J connectivity index is 1.67. The monoisotopic (exact) mass is 370 g/mol. The van der Waals surface area contributed by atoms with E-state index in [1.54, 1.807) is 0 Å². The van der Waals surface area contributed by atoms with E-state index in [1.807, 2.05) is 0 Å². The van der Waals surface area contributed by atoms with E-state index in [9.17, 15) is 17.6 Å². The van der Waals surface area contributed by atoms with Crippen LogP contribution in [0, 0.1) is 35.3 Å². The maximum atomic E-state index is 14.6. The van der Waals surface area contributed by atoms with Crippen molar-refractivity contribution in [2.24, 2.45) is 23.7 Å². The molecule has 0 bridgehead atoms. The predicted molar refractivity (Wildman–Crippen MR) is 93.7 cm³/mol. The summed E-state index contributed by atoms with van der Waals surface area (Å²) in [5, 5.41) is 9.12. The summed E-state index contributed by atoms with van der Waals surface area (Å²) in [6.45, 7) is 2.28. The third-order valence-corrected chi connectivity index (χ3v) is 6.37. The van der Waals surface area contributed by atoms with Crippen LogP contribution in [0.5, 0.6) is 5.75 Å². The zero-order chi connectivity index (χ0) is 18.8. The minimum absolute atomic E-state index is 0.540. The summed E-state index contributed by atoms with van der Waals surface area (Å²) >= 11 is 0. The summed E-state index contributed by atoms with van der Waals surface area (Å²) in [6.07, 6.45) is 7.74. The van der Waals surface area contributed by atoms with Crippen LogP contribution >= 0.6 is 0 Å². The molecule has 0 spiro atoms. The predicted octanol–water partition coefficient (Wildman–Crippen LogP) is 6.91. The smallest absolute Gasteiger partial charge is 0.201 e. The van der Waals surface area contributed by atoms with Crippen molar-refractivity contribution in [1.29, 1.82) is 0 Å². The molecule has 144 valence electrons. The van der Waals surface area contributed by atoms with Crippen LogP contribution in [0.15, 0.2) is 18.0 Å². The van der Waals surface area contributed by atoms with E-state index >= 15 is 0 Å². The second-order valence-electron chi connectivity index (χ2n) is 8.05. The zero-order valence-corrected chi connectivity index (χ0v) is 15.1. The molecule has 2 aliphatic rings. The van der Waals surface area contributed by atoms with E-state index in [0.717, 1.165) is 30.9 Å². The van der Waals surface area contributed by atoms with Gasteiger partial charge in [0.2, 0.25) is 5.82 Å². The Bertz CT molecular complexity index is 669. The molecule has 0 amide bonds. The lowest BCUT2D eigenvalue weighted by Gasteiger charge is -2.37. The van der Waals surface area contributed by atoms with Crippen molar-refractivity contribution >= 4 is 5.83 Å². The van der Waals surface area contributed by atoms with E-state index in [-0.39, 0.29) is 0 Å². The first-order valence-corrected chi connectivity index (χ1v) is 9.61. The maximum absolute atomic E-state index is 14.6. The number of phenols is 1. The highest BCUT2D eigenvalue weighted by Gasteiger charge is 2.33. The van der Waals surface area contributed by atoms with Crippen molar-refractivity contribution in [3.63, 3.8) is 0 Å². The highest BCUT2D eigenvalue weighted by Crippen LogP contribution is 2.44. The first-order chi connectivity index (χ1) is 12.4. The number of hydrogen-bond acceptors (Lipinski definition) is 1. The minimum Gasteiger partial charge on any atom is -0.505 e. The molecule has 0 saturated heterocycles. The Morgan fingerprint density at radius 3 is 1.96 bits per heavy atom.